The third kappa shape index (κ3) is 4.44. The molecule has 21 heavy (non-hydrogen) atoms. The van der Waals surface area contributed by atoms with Gasteiger partial charge in [0.1, 0.15) is 5.75 Å². The molecule has 1 atom stereocenters. The van der Waals surface area contributed by atoms with Gasteiger partial charge in [-0.05, 0) is 43.2 Å². The van der Waals surface area contributed by atoms with Crippen molar-refractivity contribution in [1.29, 1.82) is 0 Å². The third-order valence-electron chi connectivity index (χ3n) is 3.38. The number of alkyl halides is 2. The van der Waals surface area contributed by atoms with Crippen LogP contribution >= 0.6 is 0 Å². The molecule has 114 valence electrons. The number of piperidine rings is 1. The van der Waals surface area contributed by atoms with E-state index in [0.717, 1.165) is 25.1 Å². The van der Waals surface area contributed by atoms with Gasteiger partial charge >= 0.3 is 6.61 Å². The molecule has 1 fully saturated rings. The number of amides is 1. The number of hydrogen-bond donors (Lipinski definition) is 1. The predicted octanol–water partition coefficient (Wildman–Crippen LogP) is 2.56. The summed E-state index contributed by atoms with van der Waals surface area (Å²) in [6.07, 6.45) is 3.13. The lowest BCUT2D eigenvalue weighted by molar-refractivity contribution is -0.117. The van der Waals surface area contributed by atoms with E-state index in [0.29, 0.717) is 6.54 Å². The number of anilines is 1. The fourth-order valence-corrected chi connectivity index (χ4v) is 2.43. The van der Waals surface area contributed by atoms with E-state index in [1.54, 1.807) is 12.1 Å². The molecule has 1 aliphatic heterocycles. The standard InChI is InChI=1S/C15H18F2N2O2/c1-2-14(20)18-11-4-3-9-19(10-11)12-5-7-13(8-6-12)21-15(16)17/h2,5-8,11,15H,1,3-4,9-10H2,(H,18,20). The molecule has 0 aromatic heterocycles. The number of nitrogens with zero attached hydrogens (tertiary/aromatic N) is 1. The molecule has 0 aliphatic carbocycles. The van der Waals surface area contributed by atoms with Crippen LogP contribution in [0.1, 0.15) is 12.8 Å². The maximum atomic E-state index is 12.1. The van der Waals surface area contributed by atoms with Gasteiger partial charge < -0.3 is 15.0 Å². The number of halogens is 2. The Morgan fingerprint density at radius 2 is 2.14 bits per heavy atom. The van der Waals surface area contributed by atoms with Crippen molar-refractivity contribution in [2.45, 2.75) is 25.5 Å². The minimum atomic E-state index is -2.82. The van der Waals surface area contributed by atoms with Crippen LogP contribution < -0.4 is 15.0 Å². The molecule has 1 aromatic rings. The van der Waals surface area contributed by atoms with E-state index in [-0.39, 0.29) is 17.7 Å². The third-order valence-corrected chi connectivity index (χ3v) is 3.38. The highest BCUT2D eigenvalue weighted by Crippen LogP contribution is 2.23. The van der Waals surface area contributed by atoms with Crippen LogP contribution in [0.15, 0.2) is 36.9 Å². The van der Waals surface area contributed by atoms with E-state index >= 15 is 0 Å². The van der Waals surface area contributed by atoms with Crippen molar-refractivity contribution in [3.8, 4) is 5.75 Å². The summed E-state index contributed by atoms with van der Waals surface area (Å²) in [7, 11) is 0. The summed E-state index contributed by atoms with van der Waals surface area (Å²) >= 11 is 0. The van der Waals surface area contributed by atoms with Gasteiger partial charge in [-0.1, -0.05) is 6.58 Å². The van der Waals surface area contributed by atoms with Gasteiger partial charge in [-0.3, -0.25) is 4.79 Å². The highest BCUT2D eigenvalue weighted by Gasteiger charge is 2.21. The molecular weight excluding hydrogens is 278 g/mol. The highest BCUT2D eigenvalue weighted by atomic mass is 19.3. The summed E-state index contributed by atoms with van der Waals surface area (Å²) in [4.78, 5) is 13.5. The van der Waals surface area contributed by atoms with Gasteiger partial charge in [-0.2, -0.15) is 8.78 Å². The molecule has 0 bridgehead atoms. The topological polar surface area (TPSA) is 41.6 Å². The molecule has 0 saturated carbocycles. The van der Waals surface area contributed by atoms with E-state index in [1.807, 2.05) is 0 Å². The van der Waals surface area contributed by atoms with Crippen LogP contribution in [0.2, 0.25) is 0 Å². The zero-order chi connectivity index (χ0) is 15.2. The number of nitrogens with one attached hydrogen (secondary N) is 1. The van der Waals surface area contributed by atoms with Crippen molar-refractivity contribution >= 4 is 11.6 Å². The molecule has 0 spiro atoms. The van der Waals surface area contributed by atoms with Gasteiger partial charge in [-0.15, -0.1) is 0 Å². The summed E-state index contributed by atoms with van der Waals surface area (Å²) in [6.45, 7) is 2.18. The fourth-order valence-electron chi connectivity index (χ4n) is 2.43. The van der Waals surface area contributed by atoms with E-state index in [9.17, 15) is 13.6 Å². The number of hydrogen-bond acceptors (Lipinski definition) is 3. The molecule has 1 saturated heterocycles. The first-order valence-electron chi connectivity index (χ1n) is 6.81. The number of ether oxygens (including phenoxy) is 1. The highest BCUT2D eigenvalue weighted by molar-refractivity contribution is 5.87. The molecule has 2 rings (SSSR count). The summed E-state index contributed by atoms with van der Waals surface area (Å²) in [5.74, 6) is -0.0372. The summed E-state index contributed by atoms with van der Waals surface area (Å²) in [5, 5.41) is 2.88. The Morgan fingerprint density at radius 3 is 2.76 bits per heavy atom. The predicted molar refractivity (Wildman–Crippen MR) is 76.6 cm³/mol. The van der Waals surface area contributed by atoms with Crippen LogP contribution in [0.25, 0.3) is 0 Å². The lowest BCUT2D eigenvalue weighted by atomic mass is 10.0. The van der Waals surface area contributed by atoms with E-state index in [2.05, 4.69) is 21.5 Å². The van der Waals surface area contributed by atoms with Gasteiger partial charge in [0.2, 0.25) is 5.91 Å². The Bertz CT molecular complexity index is 491. The zero-order valence-corrected chi connectivity index (χ0v) is 11.6. The van der Waals surface area contributed by atoms with Crippen molar-refractivity contribution < 1.29 is 18.3 Å². The van der Waals surface area contributed by atoms with Gasteiger partial charge in [-0.25, -0.2) is 0 Å². The van der Waals surface area contributed by atoms with Crippen molar-refractivity contribution in [1.82, 2.24) is 5.32 Å². The second-order valence-corrected chi connectivity index (χ2v) is 4.87. The smallest absolute Gasteiger partial charge is 0.387 e. The van der Waals surface area contributed by atoms with E-state index in [1.165, 1.54) is 18.2 Å². The van der Waals surface area contributed by atoms with Gasteiger partial charge in [0.05, 0.1) is 0 Å². The number of benzene rings is 1. The molecule has 1 aliphatic rings. The van der Waals surface area contributed by atoms with Crippen molar-refractivity contribution in [3.05, 3.63) is 36.9 Å². The lowest BCUT2D eigenvalue weighted by Crippen LogP contribution is -2.47. The van der Waals surface area contributed by atoms with Crippen LogP contribution in [-0.2, 0) is 4.79 Å². The molecular formula is C15H18F2N2O2. The Kier molecular flexibility index (Phi) is 5.14. The average molecular weight is 296 g/mol. The summed E-state index contributed by atoms with van der Waals surface area (Å²) in [5.41, 5.74) is 0.925. The Labute approximate surface area is 122 Å². The normalized spacial score (nSPS) is 18.4. The van der Waals surface area contributed by atoms with Crippen LogP contribution in [-0.4, -0.2) is 31.7 Å². The molecule has 6 heteroatoms. The maximum absolute atomic E-state index is 12.1. The molecule has 1 amide bonds. The second kappa shape index (κ2) is 7.06. The first-order chi connectivity index (χ1) is 10.1. The second-order valence-electron chi connectivity index (χ2n) is 4.87. The van der Waals surface area contributed by atoms with Crippen LogP contribution in [0, 0.1) is 0 Å². The number of carbonyl (C=O) groups excluding carboxylic acids is 1. The van der Waals surface area contributed by atoms with Crippen LogP contribution in [0.5, 0.6) is 5.75 Å². The van der Waals surface area contributed by atoms with Gasteiger partial charge in [0.15, 0.2) is 0 Å². The Hall–Kier alpha value is -2.11. The van der Waals surface area contributed by atoms with E-state index < -0.39 is 6.61 Å². The molecule has 4 nitrogen and oxygen atoms in total. The van der Waals surface area contributed by atoms with Crippen LogP contribution in [0.4, 0.5) is 14.5 Å². The zero-order valence-electron chi connectivity index (χ0n) is 11.6. The minimum Gasteiger partial charge on any atom is -0.435 e. The molecule has 0 radical (unpaired) electrons. The van der Waals surface area contributed by atoms with Gasteiger partial charge in [0, 0.05) is 24.8 Å². The first kappa shape index (κ1) is 15.3. The minimum absolute atomic E-state index is 0.0706. The van der Waals surface area contributed by atoms with Crippen LogP contribution in [0.3, 0.4) is 0 Å². The monoisotopic (exact) mass is 296 g/mol. The van der Waals surface area contributed by atoms with Crippen molar-refractivity contribution in [2.24, 2.45) is 0 Å². The van der Waals surface area contributed by atoms with Crippen molar-refractivity contribution in [2.75, 3.05) is 18.0 Å². The summed E-state index contributed by atoms with van der Waals surface area (Å²) < 4.78 is 28.5. The molecule has 1 heterocycles. The molecule has 1 N–H and O–H groups in total. The van der Waals surface area contributed by atoms with Crippen molar-refractivity contribution in [3.63, 3.8) is 0 Å². The largest absolute Gasteiger partial charge is 0.435 e. The Balaban J connectivity index is 1.97. The SMILES string of the molecule is C=CC(=O)NC1CCCN(c2ccc(OC(F)F)cc2)C1. The number of carbonyl (C=O) groups is 1. The van der Waals surface area contributed by atoms with Gasteiger partial charge in [0.25, 0.3) is 0 Å². The quantitative estimate of drug-likeness (QED) is 0.849. The summed E-state index contributed by atoms with van der Waals surface area (Å²) in [6, 6.07) is 6.60. The molecule has 1 aromatic carbocycles. The number of rotatable bonds is 5. The molecule has 1 unspecified atom stereocenters. The lowest BCUT2D eigenvalue weighted by Gasteiger charge is -2.34. The Morgan fingerprint density at radius 1 is 1.43 bits per heavy atom. The first-order valence-corrected chi connectivity index (χ1v) is 6.81. The van der Waals surface area contributed by atoms with E-state index in [4.69, 9.17) is 0 Å². The fraction of sp³-hybridized carbons (Fsp3) is 0.400. The maximum Gasteiger partial charge on any atom is 0.387 e. The average Bonchev–Trinajstić information content (AvgIpc) is 2.47.